The Bertz CT molecular complexity index is 303. The topological polar surface area (TPSA) is 41.1 Å². The molecule has 0 spiro atoms. The van der Waals surface area contributed by atoms with Crippen molar-refractivity contribution in [3.63, 3.8) is 0 Å². The van der Waals surface area contributed by atoms with E-state index in [4.69, 9.17) is 0 Å². The summed E-state index contributed by atoms with van der Waals surface area (Å²) < 4.78 is 0. The predicted octanol–water partition coefficient (Wildman–Crippen LogP) is 1.04. The van der Waals surface area contributed by atoms with Crippen molar-refractivity contribution in [1.29, 1.82) is 0 Å². The van der Waals surface area contributed by atoms with Gasteiger partial charge in [-0.05, 0) is 23.6 Å². The second-order valence-corrected chi connectivity index (χ2v) is 3.35. The van der Waals surface area contributed by atoms with E-state index in [0.717, 1.165) is 16.7 Å². The minimum atomic E-state index is -0.220. The number of carbonyl (C=O) groups excluding carboxylic acids is 1. The van der Waals surface area contributed by atoms with Crippen LogP contribution in [0.1, 0.15) is 11.6 Å². The molecule has 1 unspecified atom stereocenters. The third kappa shape index (κ3) is 1.24. The molecule has 0 aliphatic carbocycles. The number of rotatable bonds is 1. The maximum Gasteiger partial charge on any atom is 0.142 e. The van der Waals surface area contributed by atoms with Crippen molar-refractivity contribution < 1.29 is 4.79 Å². The van der Waals surface area contributed by atoms with Crippen LogP contribution >= 0.6 is 11.9 Å². The van der Waals surface area contributed by atoms with E-state index in [1.807, 2.05) is 24.3 Å². The molecule has 0 amide bonds. The molecular formula is C8H8N2OS. The van der Waals surface area contributed by atoms with Crippen LogP contribution in [0.5, 0.6) is 0 Å². The number of aldehydes is 1. The van der Waals surface area contributed by atoms with Gasteiger partial charge in [0.25, 0.3) is 0 Å². The summed E-state index contributed by atoms with van der Waals surface area (Å²) in [5, 5.41) is 0. The summed E-state index contributed by atoms with van der Waals surface area (Å²) in [7, 11) is 0. The van der Waals surface area contributed by atoms with Crippen LogP contribution in [0, 0.1) is 0 Å². The molecule has 2 rings (SSSR count). The lowest BCUT2D eigenvalue weighted by molar-refractivity contribution is -0.109. The predicted molar refractivity (Wildman–Crippen MR) is 47.4 cm³/mol. The van der Waals surface area contributed by atoms with Crippen molar-refractivity contribution in [2.75, 3.05) is 0 Å². The van der Waals surface area contributed by atoms with Crippen molar-refractivity contribution in [3.05, 3.63) is 29.8 Å². The third-order valence-corrected chi connectivity index (χ3v) is 2.58. The van der Waals surface area contributed by atoms with Crippen LogP contribution in [-0.4, -0.2) is 6.29 Å². The molecule has 3 nitrogen and oxygen atoms in total. The lowest BCUT2D eigenvalue weighted by atomic mass is 10.1. The molecule has 4 heteroatoms. The molecule has 1 aromatic carbocycles. The molecule has 1 aliphatic heterocycles. The highest BCUT2D eigenvalue weighted by molar-refractivity contribution is 7.97. The van der Waals surface area contributed by atoms with Gasteiger partial charge in [-0.3, -0.25) is 0 Å². The molecule has 62 valence electrons. The number of hydrogen-bond acceptors (Lipinski definition) is 4. The first-order chi connectivity index (χ1) is 5.92. The molecule has 0 fully saturated rings. The fraction of sp³-hybridized carbons (Fsp3) is 0.125. The van der Waals surface area contributed by atoms with Crippen molar-refractivity contribution in [3.8, 4) is 0 Å². The Morgan fingerprint density at radius 3 is 3.08 bits per heavy atom. The molecule has 1 aliphatic rings. The minimum Gasteiger partial charge on any atom is -0.301 e. The lowest BCUT2D eigenvalue weighted by Crippen LogP contribution is -2.35. The second-order valence-electron chi connectivity index (χ2n) is 2.50. The van der Waals surface area contributed by atoms with E-state index in [9.17, 15) is 4.79 Å². The molecule has 2 N–H and O–H groups in total. The monoisotopic (exact) mass is 180 g/mol. The summed E-state index contributed by atoms with van der Waals surface area (Å²) in [6.45, 7) is 0. The Hall–Kier alpha value is -0.840. The number of benzene rings is 1. The highest BCUT2D eigenvalue weighted by atomic mass is 32.2. The smallest absolute Gasteiger partial charge is 0.142 e. The van der Waals surface area contributed by atoms with Crippen LogP contribution in [0.25, 0.3) is 0 Å². The van der Waals surface area contributed by atoms with E-state index in [2.05, 4.69) is 10.3 Å². The van der Waals surface area contributed by atoms with Gasteiger partial charge in [0, 0.05) is 4.90 Å². The molecule has 0 radical (unpaired) electrons. The number of hydrogen-bond donors (Lipinski definition) is 2. The number of nitrogens with one attached hydrogen (secondary N) is 2. The van der Waals surface area contributed by atoms with Gasteiger partial charge in [0.15, 0.2) is 0 Å². The standard InChI is InChI=1S/C8H8N2OS/c11-5-7-6-3-1-2-4-8(6)12-10-9-7/h1-5,7,9-10H. The van der Waals surface area contributed by atoms with Crippen molar-refractivity contribution >= 4 is 18.2 Å². The highest BCUT2D eigenvalue weighted by Gasteiger charge is 2.17. The van der Waals surface area contributed by atoms with Gasteiger partial charge >= 0.3 is 0 Å². The van der Waals surface area contributed by atoms with Gasteiger partial charge < -0.3 is 4.79 Å². The Morgan fingerprint density at radius 2 is 2.25 bits per heavy atom. The van der Waals surface area contributed by atoms with Gasteiger partial charge in [-0.2, -0.15) is 4.83 Å². The lowest BCUT2D eigenvalue weighted by Gasteiger charge is -2.21. The van der Waals surface area contributed by atoms with Crippen molar-refractivity contribution in [2.45, 2.75) is 10.9 Å². The highest BCUT2D eigenvalue weighted by Crippen LogP contribution is 2.27. The zero-order valence-corrected chi connectivity index (χ0v) is 7.10. The van der Waals surface area contributed by atoms with Gasteiger partial charge in [-0.15, -0.1) is 0 Å². The molecule has 0 aromatic heterocycles. The number of fused-ring (bicyclic) bond motifs is 1. The normalized spacial score (nSPS) is 21.5. The van der Waals surface area contributed by atoms with Crippen molar-refractivity contribution in [1.82, 2.24) is 10.3 Å². The van der Waals surface area contributed by atoms with Gasteiger partial charge in [0.1, 0.15) is 12.3 Å². The Kier molecular flexibility index (Phi) is 2.12. The van der Waals surface area contributed by atoms with Crippen LogP contribution in [0.3, 0.4) is 0 Å². The zero-order chi connectivity index (χ0) is 8.39. The second kappa shape index (κ2) is 3.26. The zero-order valence-electron chi connectivity index (χ0n) is 6.28. The molecule has 0 saturated carbocycles. The molecule has 0 bridgehead atoms. The quantitative estimate of drug-likeness (QED) is 0.500. The van der Waals surface area contributed by atoms with E-state index in [1.54, 1.807) is 0 Å². The molecule has 12 heavy (non-hydrogen) atoms. The van der Waals surface area contributed by atoms with Gasteiger partial charge in [-0.1, -0.05) is 18.2 Å². The fourth-order valence-electron chi connectivity index (χ4n) is 1.16. The molecule has 0 saturated heterocycles. The SMILES string of the molecule is O=CC1NNSc2ccccc21. The summed E-state index contributed by atoms with van der Waals surface area (Å²) in [4.78, 5) is 14.6. The summed E-state index contributed by atoms with van der Waals surface area (Å²) in [6.07, 6.45) is 0.894. The van der Waals surface area contributed by atoms with E-state index in [1.165, 1.54) is 11.9 Å². The Labute approximate surface area is 74.6 Å². The van der Waals surface area contributed by atoms with Crippen LogP contribution in [0.15, 0.2) is 29.2 Å². The van der Waals surface area contributed by atoms with Gasteiger partial charge in [0.2, 0.25) is 0 Å². The summed E-state index contributed by atoms with van der Waals surface area (Å²) in [6, 6.07) is 7.62. The summed E-state index contributed by atoms with van der Waals surface area (Å²) in [5.74, 6) is 0. The molecule has 1 heterocycles. The Balaban J connectivity index is 2.43. The minimum absolute atomic E-state index is 0.220. The average molecular weight is 180 g/mol. The molecule has 1 atom stereocenters. The van der Waals surface area contributed by atoms with Crippen molar-refractivity contribution in [2.24, 2.45) is 0 Å². The molecule has 1 aromatic rings. The van der Waals surface area contributed by atoms with E-state index in [0.29, 0.717) is 0 Å². The first kappa shape index (κ1) is 7.79. The van der Waals surface area contributed by atoms with Crippen LogP contribution in [0.4, 0.5) is 0 Å². The average Bonchev–Trinajstić information content (AvgIpc) is 2.17. The third-order valence-electron chi connectivity index (χ3n) is 1.77. The van der Waals surface area contributed by atoms with Crippen LogP contribution in [0.2, 0.25) is 0 Å². The van der Waals surface area contributed by atoms with Gasteiger partial charge in [0.05, 0.1) is 0 Å². The van der Waals surface area contributed by atoms with Gasteiger partial charge in [-0.25, -0.2) is 5.43 Å². The maximum absolute atomic E-state index is 10.6. The summed E-state index contributed by atoms with van der Waals surface area (Å²) >= 11 is 1.49. The van der Waals surface area contributed by atoms with E-state index in [-0.39, 0.29) is 6.04 Å². The summed E-state index contributed by atoms with van der Waals surface area (Å²) in [5.41, 5.74) is 3.91. The number of hydrazine groups is 1. The van der Waals surface area contributed by atoms with E-state index < -0.39 is 0 Å². The van der Waals surface area contributed by atoms with E-state index >= 15 is 0 Å². The first-order valence-electron chi connectivity index (χ1n) is 3.63. The number of carbonyl (C=O) groups is 1. The largest absolute Gasteiger partial charge is 0.301 e. The van der Waals surface area contributed by atoms with Crippen LogP contribution < -0.4 is 10.3 Å². The molecular weight excluding hydrogens is 172 g/mol. The fourth-order valence-corrected chi connectivity index (χ4v) is 1.92. The van der Waals surface area contributed by atoms with Crippen LogP contribution in [-0.2, 0) is 4.79 Å². The first-order valence-corrected chi connectivity index (χ1v) is 4.45. The maximum atomic E-state index is 10.6. The Morgan fingerprint density at radius 1 is 1.42 bits per heavy atom.